The topological polar surface area (TPSA) is 52.6 Å². The van der Waals surface area contributed by atoms with E-state index in [9.17, 15) is 0 Å². The summed E-state index contributed by atoms with van der Waals surface area (Å²) < 4.78 is 0. The molecule has 1 aliphatic rings. The highest BCUT2D eigenvalue weighted by atomic mass is 32.2. The Hall–Kier alpha value is -1.95. The minimum atomic E-state index is 0.520. The summed E-state index contributed by atoms with van der Waals surface area (Å²) in [5.41, 5.74) is 2.22. The largest absolute Gasteiger partial charge is 0.363 e. The summed E-state index contributed by atoms with van der Waals surface area (Å²) in [5, 5.41) is 8.99. The molecule has 0 saturated heterocycles. The molecule has 2 unspecified atom stereocenters. The number of para-hydroxylation sites is 1. The van der Waals surface area contributed by atoms with Crippen LogP contribution in [-0.4, -0.2) is 49.1 Å². The van der Waals surface area contributed by atoms with Crippen molar-refractivity contribution < 1.29 is 0 Å². The lowest BCUT2D eigenvalue weighted by molar-refractivity contribution is 0.615. The number of thioether (sulfide) groups is 1. The molecule has 1 aliphatic carbocycles. The predicted octanol–water partition coefficient (Wildman–Crippen LogP) is 3.64. The first-order chi connectivity index (χ1) is 13.1. The van der Waals surface area contributed by atoms with Gasteiger partial charge in [-0.2, -0.15) is 11.8 Å². The Balaban J connectivity index is 1.81. The molecule has 2 atom stereocenters. The van der Waals surface area contributed by atoms with E-state index in [0.717, 1.165) is 29.1 Å². The molecule has 1 aromatic carbocycles. The average Bonchev–Trinajstić information content (AvgIpc) is 3.13. The van der Waals surface area contributed by atoms with Crippen molar-refractivity contribution in [2.45, 2.75) is 44.0 Å². The summed E-state index contributed by atoms with van der Waals surface area (Å²) in [7, 11) is 4.05. The molecule has 0 radical (unpaired) electrons. The Morgan fingerprint density at radius 2 is 2.11 bits per heavy atom. The highest BCUT2D eigenvalue weighted by Crippen LogP contribution is 2.28. The zero-order valence-corrected chi connectivity index (χ0v) is 17.6. The molecule has 2 aromatic rings. The SMILES string of the molecule is CCNC(=NCc1cc(N(C)C)nc2ccccc12)NC1CCC(SC)C1. The Bertz CT molecular complexity index is 789. The number of aromatic nitrogens is 1. The van der Waals surface area contributed by atoms with Gasteiger partial charge in [0.15, 0.2) is 5.96 Å². The lowest BCUT2D eigenvalue weighted by Crippen LogP contribution is -2.42. The van der Waals surface area contributed by atoms with Gasteiger partial charge >= 0.3 is 0 Å². The van der Waals surface area contributed by atoms with Gasteiger partial charge in [-0.05, 0) is 50.1 Å². The van der Waals surface area contributed by atoms with E-state index in [2.05, 4.69) is 48.1 Å². The fraction of sp³-hybridized carbons (Fsp3) is 0.524. The van der Waals surface area contributed by atoms with E-state index in [-0.39, 0.29) is 0 Å². The van der Waals surface area contributed by atoms with Gasteiger partial charge in [0.2, 0.25) is 0 Å². The van der Waals surface area contributed by atoms with Crippen LogP contribution in [0.4, 0.5) is 5.82 Å². The van der Waals surface area contributed by atoms with Crippen molar-refractivity contribution in [3.8, 4) is 0 Å². The number of hydrogen-bond acceptors (Lipinski definition) is 4. The molecule has 1 heterocycles. The number of nitrogens with zero attached hydrogens (tertiary/aromatic N) is 3. The molecule has 1 fully saturated rings. The minimum Gasteiger partial charge on any atom is -0.363 e. The second-order valence-electron chi connectivity index (χ2n) is 7.26. The zero-order valence-electron chi connectivity index (χ0n) is 16.8. The molecule has 0 amide bonds. The Morgan fingerprint density at radius 3 is 2.81 bits per heavy atom. The summed E-state index contributed by atoms with van der Waals surface area (Å²) in [5.74, 6) is 1.88. The lowest BCUT2D eigenvalue weighted by atomic mass is 10.1. The molecule has 1 saturated carbocycles. The van der Waals surface area contributed by atoms with Crippen molar-refractivity contribution in [2.75, 3.05) is 31.8 Å². The maximum absolute atomic E-state index is 4.89. The van der Waals surface area contributed by atoms with Gasteiger partial charge in [0.25, 0.3) is 0 Å². The highest BCUT2D eigenvalue weighted by Gasteiger charge is 2.24. The zero-order chi connectivity index (χ0) is 19.2. The van der Waals surface area contributed by atoms with Crippen molar-refractivity contribution in [2.24, 2.45) is 4.99 Å². The normalized spacial score (nSPS) is 20.1. The molecule has 5 nitrogen and oxygen atoms in total. The molecular weight excluding hydrogens is 354 g/mol. The lowest BCUT2D eigenvalue weighted by Gasteiger charge is -2.18. The fourth-order valence-electron chi connectivity index (χ4n) is 3.55. The van der Waals surface area contributed by atoms with Gasteiger partial charge in [0, 0.05) is 37.3 Å². The van der Waals surface area contributed by atoms with Gasteiger partial charge in [-0.25, -0.2) is 9.98 Å². The van der Waals surface area contributed by atoms with Crippen molar-refractivity contribution in [1.82, 2.24) is 15.6 Å². The molecule has 0 aliphatic heterocycles. The van der Waals surface area contributed by atoms with Crippen LogP contribution in [0.15, 0.2) is 35.3 Å². The van der Waals surface area contributed by atoms with Crippen molar-refractivity contribution in [3.05, 3.63) is 35.9 Å². The monoisotopic (exact) mass is 385 g/mol. The maximum Gasteiger partial charge on any atom is 0.191 e. The number of hydrogen-bond donors (Lipinski definition) is 2. The summed E-state index contributed by atoms with van der Waals surface area (Å²) in [6.07, 6.45) is 5.94. The van der Waals surface area contributed by atoms with E-state index in [1.54, 1.807) is 0 Å². The first-order valence-corrected chi connectivity index (χ1v) is 11.0. The Kier molecular flexibility index (Phi) is 6.83. The maximum atomic E-state index is 4.89. The number of benzene rings is 1. The molecule has 6 heteroatoms. The molecule has 0 spiro atoms. The van der Waals surface area contributed by atoms with Gasteiger partial charge in [-0.15, -0.1) is 0 Å². The number of anilines is 1. The second kappa shape index (κ2) is 9.31. The predicted molar refractivity (Wildman–Crippen MR) is 119 cm³/mol. The molecule has 146 valence electrons. The van der Waals surface area contributed by atoms with Crippen LogP contribution in [0.5, 0.6) is 0 Å². The number of aliphatic imine (C=N–C) groups is 1. The van der Waals surface area contributed by atoms with Crippen LogP contribution in [-0.2, 0) is 6.54 Å². The number of guanidine groups is 1. The van der Waals surface area contributed by atoms with Gasteiger partial charge in [0.05, 0.1) is 12.1 Å². The van der Waals surface area contributed by atoms with Crippen molar-refractivity contribution >= 4 is 34.4 Å². The van der Waals surface area contributed by atoms with Crippen LogP contribution in [0.3, 0.4) is 0 Å². The molecule has 2 N–H and O–H groups in total. The summed E-state index contributed by atoms with van der Waals surface area (Å²) in [4.78, 5) is 11.7. The van der Waals surface area contributed by atoms with Gasteiger partial charge in [-0.3, -0.25) is 0 Å². The van der Waals surface area contributed by atoms with Crippen LogP contribution < -0.4 is 15.5 Å². The average molecular weight is 386 g/mol. The number of rotatable bonds is 6. The summed E-state index contributed by atoms with van der Waals surface area (Å²) in [6, 6.07) is 11.0. The third kappa shape index (κ3) is 5.06. The first-order valence-electron chi connectivity index (χ1n) is 9.74. The highest BCUT2D eigenvalue weighted by molar-refractivity contribution is 7.99. The number of pyridine rings is 1. The summed E-state index contributed by atoms with van der Waals surface area (Å²) >= 11 is 1.98. The standard InChI is InChI=1S/C21H31N5S/c1-5-22-21(24-16-10-11-17(13-16)27-4)23-14-15-12-20(26(2)3)25-19-9-7-6-8-18(15)19/h6-9,12,16-17H,5,10-11,13-14H2,1-4H3,(H2,22,23,24). The molecular formula is C21H31N5S. The van der Waals surface area contributed by atoms with E-state index in [1.807, 2.05) is 36.8 Å². The number of fused-ring (bicyclic) bond motifs is 1. The molecule has 0 bridgehead atoms. The second-order valence-corrected chi connectivity index (χ2v) is 8.40. The van der Waals surface area contributed by atoms with Crippen molar-refractivity contribution in [3.63, 3.8) is 0 Å². The van der Waals surface area contributed by atoms with Crippen LogP contribution in [0.1, 0.15) is 31.7 Å². The van der Waals surface area contributed by atoms with E-state index >= 15 is 0 Å². The van der Waals surface area contributed by atoms with E-state index in [4.69, 9.17) is 9.98 Å². The summed E-state index contributed by atoms with van der Waals surface area (Å²) in [6.45, 7) is 3.62. The van der Waals surface area contributed by atoms with E-state index in [0.29, 0.717) is 12.6 Å². The van der Waals surface area contributed by atoms with Crippen LogP contribution in [0.25, 0.3) is 10.9 Å². The van der Waals surface area contributed by atoms with Crippen LogP contribution in [0, 0.1) is 0 Å². The number of nitrogens with one attached hydrogen (secondary N) is 2. The molecule has 27 heavy (non-hydrogen) atoms. The van der Waals surface area contributed by atoms with Gasteiger partial charge < -0.3 is 15.5 Å². The Morgan fingerprint density at radius 1 is 1.30 bits per heavy atom. The Labute approximate surface area is 167 Å². The van der Waals surface area contributed by atoms with Gasteiger partial charge in [-0.1, -0.05) is 18.2 Å². The minimum absolute atomic E-state index is 0.520. The third-order valence-electron chi connectivity index (χ3n) is 5.06. The first kappa shape index (κ1) is 19.8. The fourth-order valence-corrected chi connectivity index (χ4v) is 4.35. The smallest absolute Gasteiger partial charge is 0.191 e. The third-order valence-corrected chi connectivity index (χ3v) is 6.15. The van der Waals surface area contributed by atoms with Crippen LogP contribution in [0.2, 0.25) is 0 Å². The van der Waals surface area contributed by atoms with Crippen LogP contribution >= 0.6 is 11.8 Å². The molecule has 3 rings (SSSR count). The molecule has 1 aromatic heterocycles. The van der Waals surface area contributed by atoms with E-state index in [1.165, 1.54) is 30.2 Å². The van der Waals surface area contributed by atoms with Crippen molar-refractivity contribution in [1.29, 1.82) is 0 Å². The van der Waals surface area contributed by atoms with Gasteiger partial charge in [0.1, 0.15) is 5.82 Å². The quantitative estimate of drug-likeness (QED) is 0.587. The van der Waals surface area contributed by atoms with E-state index < -0.39 is 0 Å².